The molecule has 0 saturated heterocycles. The summed E-state index contributed by atoms with van der Waals surface area (Å²) in [6, 6.07) is 0. The second-order valence-corrected chi connectivity index (χ2v) is 1.97. The molecule has 0 aromatic heterocycles. The molecule has 0 rings (SSSR count). The van der Waals surface area contributed by atoms with E-state index in [9.17, 15) is 0 Å². The predicted octanol–water partition coefficient (Wildman–Crippen LogP) is 0.442. The Morgan fingerprint density at radius 2 is 2.25 bits per heavy atom. The summed E-state index contributed by atoms with van der Waals surface area (Å²) >= 11 is 0. The normalized spacial score (nSPS) is 14.0. The van der Waals surface area contributed by atoms with Crippen LogP contribution >= 0.6 is 0 Å². The molecule has 0 radical (unpaired) electrons. The summed E-state index contributed by atoms with van der Waals surface area (Å²) < 4.78 is 0. The molecule has 0 aliphatic rings. The minimum Gasteiger partial charge on any atom is -0.378 e. The van der Waals surface area contributed by atoms with Gasteiger partial charge in [-0.05, 0) is 14.1 Å². The average molecular weight is 115 g/mol. The van der Waals surface area contributed by atoms with Gasteiger partial charge in [-0.15, -0.1) is 6.58 Å². The first-order valence-electron chi connectivity index (χ1n) is 2.64. The molecular formula is C6H13NO. The Balaban J connectivity index is 3.30. The Labute approximate surface area is 50.4 Å². The molecule has 0 aliphatic carbocycles. The monoisotopic (exact) mass is 115 g/mol. The zero-order valence-corrected chi connectivity index (χ0v) is 5.46. The summed E-state index contributed by atoms with van der Waals surface area (Å²) in [5, 5.41) is 8.98. The Morgan fingerprint density at radius 1 is 1.75 bits per heavy atom. The first kappa shape index (κ1) is 7.66. The van der Waals surface area contributed by atoms with Crippen molar-refractivity contribution < 1.29 is 5.11 Å². The highest BCUT2D eigenvalue weighted by atomic mass is 16.3. The zero-order chi connectivity index (χ0) is 6.57. The summed E-state index contributed by atoms with van der Waals surface area (Å²) in [4.78, 5) is 1.74. The number of hydrogen-bond acceptors (Lipinski definition) is 2. The molecule has 8 heavy (non-hydrogen) atoms. The van der Waals surface area contributed by atoms with Gasteiger partial charge in [-0.1, -0.05) is 6.08 Å². The van der Waals surface area contributed by atoms with Gasteiger partial charge in [0.15, 0.2) is 0 Å². The van der Waals surface area contributed by atoms with Gasteiger partial charge in [-0.2, -0.15) is 0 Å². The van der Waals surface area contributed by atoms with Crippen molar-refractivity contribution in [2.24, 2.45) is 0 Å². The Morgan fingerprint density at radius 3 is 2.38 bits per heavy atom. The van der Waals surface area contributed by atoms with Crippen molar-refractivity contribution in [2.45, 2.75) is 12.6 Å². The molecule has 48 valence electrons. The first-order chi connectivity index (χ1) is 3.68. The van der Waals surface area contributed by atoms with Crippen LogP contribution in [0.2, 0.25) is 0 Å². The van der Waals surface area contributed by atoms with E-state index in [1.165, 1.54) is 0 Å². The van der Waals surface area contributed by atoms with Crippen LogP contribution in [0, 0.1) is 0 Å². The Kier molecular flexibility index (Phi) is 3.48. The lowest BCUT2D eigenvalue weighted by molar-refractivity contribution is 0.0436. The van der Waals surface area contributed by atoms with E-state index in [-0.39, 0.29) is 6.23 Å². The van der Waals surface area contributed by atoms with E-state index in [4.69, 9.17) is 5.11 Å². The van der Waals surface area contributed by atoms with Crippen LogP contribution in [0.4, 0.5) is 0 Å². The average Bonchev–Trinajstić information content (AvgIpc) is 1.67. The topological polar surface area (TPSA) is 23.5 Å². The van der Waals surface area contributed by atoms with E-state index < -0.39 is 0 Å². The van der Waals surface area contributed by atoms with Crippen molar-refractivity contribution in [3.05, 3.63) is 12.7 Å². The highest BCUT2D eigenvalue weighted by Gasteiger charge is 2.00. The fourth-order valence-electron chi connectivity index (χ4n) is 0.360. The van der Waals surface area contributed by atoms with Gasteiger partial charge in [-0.25, -0.2) is 0 Å². The molecule has 0 heterocycles. The van der Waals surface area contributed by atoms with E-state index in [0.717, 1.165) is 0 Å². The van der Waals surface area contributed by atoms with Crippen molar-refractivity contribution in [3.63, 3.8) is 0 Å². The third kappa shape index (κ3) is 2.77. The maximum atomic E-state index is 8.98. The Hall–Kier alpha value is -0.340. The van der Waals surface area contributed by atoms with Crippen molar-refractivity contribution >= 4 is 0 Å². The molecule has 2 nitrogen and oxygen atoms in total. The van der Waals surface area contributed by atoms with Crippen LogP contribution in [0.5, 0.6) is 0 Å². The molecule has 1 N–H and O–H groups in total. The number of nitrogens with zero attached hydrogens (tertiary/aromatic N) is 1. The van der Waals surface area contributed by atoms with Crippen LogP contribution in [0.25, 0.3) is 0 Å². The van der Waals surface area contributed by atoms with Crippen LogP contribution in [0.15, 0.2) is 12.7 Å². The highest BCUT2D eigenvalue weighted by Crippen LogP contribution is 1.93. The fourth-order valence-corrected chi connectivity index (χ4v) is 0.360. The summed E-state index contributed by atoms with van der Waals surface area (Å²) in [5.41, 5.74) is 0. The quantitative estimate of drug-likeness (QED) is 0.426. The number of aliphatic hydroxyl groups excluding tert-OH is 1. The minimum atomic E-state index is -0.368. The molecular weight excluding hydrogens is 102 g/mol. The van der Waals surface area contributed by atoms with Crippen LogP contribution in [0.1, 0.15) is 6.42 Å². The molecule has 0 aromatic rings. The van der Waals surface area contributed by atoms with Gasteiger partial charge >= 0.3 is 0 Å². The maximum absolute atomic E-state index is 8.98. The molecule has 1 atom stereocenters. The molecule has 2 heteroatoms. The van der Waals surface area contributed by atoms with Crippen molar-refractivity contribution in [1.82, 2.24) is 4.90 Å². The molecule has 0 aliphatic heterocycles. The SMILES string of the molecule is C=CCC(O)N(C)C. The molecule has 0 aromatic carbocycles. The third-order valence-electron chi connectivity index (χ3n) is 0.974. The largest absolute Gasteiger partial charge is 0.378 e. The second kappa shape index (κ2) is 3.64. The molecule has 0 bridgehead atoms. The van der Waals surface area contributed by atoms with Gasteiger partial charge in [0.2, 0.25) is 0 Å². The maximum Gasteiger partial charge on any atom is 0.110 e. The van der Waals surface area contributed by atoms with Crippen LogP contribution in [-0.4, -0.2) is 30.3 Å². The van der Waals surface area contributed by atoms with E-state index in [0.29, 0.717) is 6.42 Å². The number of hydrogen-bond donors (Lipinski definition) is 1. The van der Waals surface area contributed by atoms with Crippen molar-refractivity contribution in [2.75, 3.05) is 14.1 Å². The lowest BCUT2D eigenvalue weighted by Crippen LogP contribution is -2.26. The zero-order valence-electron chi connectivity index (χ0n) is 5.46. The summed E-state index contributed by atoms with van der Waals surface area (Å²) in [5.74, 6) is 0. The van der Waals surface area contributed by atoms with Gasteiger partial charge in [0.25, 0.3) is 0 Å². The smallest absolute Gasteiger partial charge is 0.110 e. The summed E-state index contributed by atoms with van der Waals surface area (Å²) in [7, 11) is 3.66. The molecule has 0 saturated carbocycles. The van der Waals surface area contributed by atoms with Gasteiger partial charge in [-0.3, -0.25) is 4.90 Å². The minimum absolute atomic E-state index is 0.368. The number of aliphatic hydroxyl groups is 1. The van der Waals surface area contributed by atoms with Crippen LogP contribution < -0.4 is 0 Å². The molecule has 0 spiro atoms. The lowest BCUT2D eigenvalue weighted by Gasteiger charge is -2.15. The third-order valence-corrected chi connectivity index (χ3v) is 0.974. The van der Waals surface area contributed by atoms with Gasteiger partial charge < -0.3 is 5.11 Å². The predicted molar refractivity (Wildman–Crippen MR) is 34.5 cm³/mol. The van der Waals surface area contributed by atoms with Crippen LogP contribution in [0.3, 0.4) is 0 Å². The van der Waals surface area contributed by atoms with E-state index in [1.54, 1.807) is 11.0 Å². The second-order valence-electron chi connectivity index (χ2n) is 1.97. The molecule has 0 fully saturated rings. The van der Waals surface area contributed by atoms with E-state index in [2.05, 4.69) is 6.58 Å². The van der Waals surface area contributed by atoms with E-state index >= 15 is 0 Å². The standard InChI is InChI=1S/C6H13NO/c1-4-5-6(8)7(2)3/h4,6,8H,1,5H2,2-3H3. The van der Waals surface area contributed by atoms with Crippen molar-refractivity contribution in [1.29, 1.82) is 0 Å². The molecule has 0 amide bonds. The van der Waals surface area contributed by atoms with Crippen LogP contribution in [-0.2, 0) is 0 Å². The summed E-state index contributed by atoms with van der Waals surface area (Å²) in [6.07, 6.45) is 1.96. The Bertz CT molecular complexity index is 70.9. The summed E-state index contributed by atoms with van der Waals surface area (Å²) in [6.45, 7) is 3.50. The van der Waals surface area contributed by atoms with E-state index in [1.807, 2.05) is 14.1 Å². The fraction of sp³-hybridized carbons (Fsp3) is 0.667. The van der Waals surface area contributed by atoms with Gasteiger partial charge in [0, 0.05) is 6.42 Å². The van der Waals surface area contributed by atoms with Crippen molar-refractivity contribution in [3.8, 4) is 0 Å². The molecule has 1 unspecified atom stereocenters. The van der Waals surface area contributed by atoms with Gasteiger partial charge in [0.05, 0.1) is 0 Å². The first-order valence-corrected chi connectivity index (χ1v) is 2.64. The van der Waals surface area contributed by atoms with Gasteiger partial charge in [0.1, 0.15) is 6.23 Å². The number of rotatable bonds is 3. The lowest BCUT2D eigenvalue weighted by atomic mass is 10.3. The highest BCUT2D eigenvalue weighted by molar-refractivity contribution is 4.70.